The third-order valence-corrected chi connectivity index (χ3v) is 3.54. The van der Waals surface area contributed by atoms with Crippen molar-refractivity contribution in [3.05, 3.63) is 0 Å². The second-order valence-electron chi connectivity index (χ2n) is 5.86. The van der Waals surface area contributed by atoms with E-state index in [0.717, 1.165) is 32.4 Å². The molecule has 0 aromatic heterocycles. The number of ether oxygens (including phenoxy) is 1. The van der Waals surface area contributed by atoms with Crippen LogP contribution in [0.3, 0.4) is 0 Å². The van der Waals surface area contributed by atoms with Crippen LogP contribution in [0.4, 0.5) is 0 Å². The van der Waals surface area contributed by atoms with Gasteiger partial charge in [-0.15, -0.1) is 0 Å². The lowest BCUT2D eigenvalue weighted by Gasteiger charge is -2.30. The minimum absolute atomic E-state index is 0.0511. The maximum atomic E-state index is 11.8. The first kappa shape index (κ1) is 17.0. The highest BCUT2D eigenvalue weighted by atomic mass is 16.5. The van der Waals surface area contributed by atoms with Crippen LogP contribution < -0.4 is 5.32 Å². The molecule has 20 heavy (non-hydrogen) atoms. The smallest absolute Gasteiger partial charge is 0.310 e. The average molecular weight is 284 g/mol. The standard InChI is InChI=1S/C15H28N2O3/c1-4-20-15(19)13-6-5-9-17(10-13)11-14(18)16-8-7-12(2)3/h12-13H,4-11H2,1-3H3,(H,16,18)/t13-/m1/s1. The number of esters is 1. The third kappa shape index (κ3) is 6.37. The van der Waals surface area contributed by atoms with Gasteiger partial charge in [-0.3, -0.25) is 14.5 Å². The molecule has 0 bridgehead atoms. The number of nitrogens with zero attached hydrogens (tertiary/aromatic N) is 1. The molecule has 1 amide bonds. The molecule has 1 N–H and O–H groups in total. The molecule has 0 aliphatic carbocycles. The van der Waals surface area contributed by atoms with Crippen LogP contribution in [0.1, 0.15) is 40.0 Å². The summed E-state index contributed by atoms with van der Waals surface area (Å²) >= 11 is 0. The lowest BCUT2D eigenvalue weighted by Crippen LogP contribution is -2.44. The molecule has 0 spiro atoms. The van der Waals surface area contributed by atoms with E-state index in [1.165, 1.54) is 0 Å². The maximum Gasteiger partial charge on any atom is 0.310 e. The second-order valence-corrected chi connectivity index (χ2v) is 5.86. The average Bonchev–Trinajstić information content (AvgIpc) is 2.38. The van der Waals surface area contributed by atoms with Crippen LogP contribution >= 0.6 is 0 Å². The molecule has 0 aromatic carbocycles. The van der Waals surface area contributed by atoms with E-state index in [9.17, 15) is 9.59 Å². The van der Waals surface area contributed by atoms with Crippen molar-refractivity contribution in [2.75, 3.05) is 32.8 Å². The van der Waals surface area contributed by atoms with E-state index in [-0.39, 0.29) is 17.8 Å². The molecule has 0 aromatic rings. The van der Waals surface area contributed by atoms with E-state index < -0.39 is 0 Å². The summed E-state index contributed by atoms with van der Waals surface area (Å²) in [6.45, 7) is 9.15. The lowest BCUT2D eigenvalue weighted by atomic mass is 9.98. The van der Waals surface area contributed by atoms with Crippen molar-refractivity contribution < 1.29 is 14.3 Å². The number of likely N-dealkylation sites (tertiary alicyclic amines) is 1. The Morgan fingerprint density at radius 2 is 2.15 bits per heavy atom. The van der Waals surface area contributed by atoms with E-state index in [2.05, 4.69) is 24.1 Å². The zero-order valence-corrected chi connectivity index (χ0v) is 13.0. The topological polar surface area (TPSA) is 58.6 Å². The van der Waals surface area contributed by atoms with Gasteiger partial charge in [0.05, 0.1) is 19.1 Å². The van der Waals surface area contributed by atoms with Crippen molar-refractivity contribution in [1.82, 2.24) is 10.2 Å². The quantitative estimate of drug-likeness (QED) is 0.718. The van der Waals surface area contributed by atoms with Crippen molar-refractivity contribution >= 4 is 11.9 Å². The number of carbonyl (C=O) groups is 2. The van der Waals surface area contributed by atoms with Crippen molar-refractivity contribution in [2.45, 2.75) is 40.0 Å². The molecule has 1 aliphatic heterocycles. The first-order chi connectivity index (χ1) is 9.52. The molecule has 1 rings (SSSR count). The number of rotatable bonds is 7. The summed E-state index contributed by atoms with van der Waals surface area (Å²) in [6.07, 6.45) is 2.81. The normalized spacial score (nSPS) is 19.9. The Bertz CT molecular complexity index is 318. The largest absolute Gasteiger partial charge is 0.466 e. The van der Waals surface area contributed by atoms with Gasteiger partial charge >= 0.3 is 5.97 Å². The maximum absolute atomic E-state index is 11.8. The summed E-state index contributed by atoms with van der Waals surface area (Å²) in [6, 6.07) is 0. The van der Waals surface area contributed by atoms with Gasteiger partial charge in [-0.25, -0.2) is 0 Å². The highest BCUT2D eigenvalue weighted by Crippen LogP contribution is 2.17. The molecule has 5 heteroatoms. The number of piperidine rings is 1. The van der Waals surface area contributed by atoms with Gasteiger partial charge in [-0.05, 0) is 38.6 Å². The number of hydrogen-bond donors (Lipinski definition) is 1. The molecular weight excluding hydrogens is 256 g/mol. The summed E-state index contributed by atoms with van der Waals surface area (Å²) in [7, 11) is 0. The number of amides is 1. The van der Waals surface area contributed by atoms with Crippen LogP contribution in [0.2, 0.25) is 0 Å². The molecule has 1 saturated heterocycles. The summed E-state index contributed by atoms with van der Waals surface area (Å²) in [4.78, 5) is 25.6. The van der Waals surface area contributed by atoms with Crippen LogP contribution in [0.15, 0.2) is 0 Å². The monoisotopic (exact) mass is 284 g/mol. The fourth-order valence-corrected chi connectivity index (χ4v) is 2.41. The molecule has 1 atom stereocenters. The molecule has 0 unspecified atom stereocenters. The van der Waals surface area contributed by atoms with Gasteiger partial charge in [0.25, 0.3) is 0 Å². The zero-order chi connectivity index (χ0) is 15.0. The fourth-order valence-electron chi connectivity index (χ4n) is 2.41. The predicted octanol–water partition coefficient (Wildman–Crippen LogP) is 1.42. The van der Waals surface area contributed by atoms with Gasteiger partial charge in [0.2, 0.25) is 5.91 Å². The highest BCUT2D eigenvalue weighted by molar-refractivity contribution is 5.78. The summed E-state index contributed by atoms with van der Waals surface area (Å²) in [5.41, 5.74) is 0. The van der Waals surface area contributed by atoms with Gasteiger partial charge in [-0.1, -0.05) is 13.8 Å². The molecule has 116 valence electrons. The van der Waals surface area contributed by atoms with E-state index in [1.807, 2.05) is 6.92 Å². The molecule has 0 radical (unpaired) electrons. The first-order valence-corrected chi connectivity index (χ1v) is 7.68. The van der Waals surface area contributed by atoms with Crippen molar-refractivity contribution in [1.29, 1.82) is 0 Å². The van der Waals surface area contributed by atoms with Crippen molar-refractivity contribution in [3.8, 4) is 0 Å². The van der Waals surface area contributed by atoms with E-state index in [1.54, 1.807) is 0 Å². The Hall–Kier alpha value is -1.10. The molecular formula is C15H28N2O3. The van der Waals surface area contributed by atoms with Crippen LogP contribution in [-0.2, 0) is 14.3 Å². The summed E-state index contributed by atoms with van der Waals surface area (Å²) in [5, 5.41) is 2.93. The van der Waals surface area contributed by atoms with E-state index in [4.69, 9.17) is 4.74 Å². The van der Waals surface area contributed by atoms with Crippen LogP contribution in [0.5, 0.6) is 0 Å². The number of hydrogen-bond acceptors (Lipinski definition) is 4. The minimum atomic E-state index is -0.127. The van der Waals surface area contributed by atoms with Crippen molar-refractivity contribution in [3.63, 3.8) is 0 Å². The zero-order valence-electron chi connectivity index (χ0n) is 13.0. The number of nitrogens with one attached hydrogen (secondary N) is 1. The molecule has 0 saturated carbocycles. The SMILES string of the molecule is CCOC(=O)[C@@H]1CCCN(CC(=O)NCCC(C)C)C1. The lowest BCUT2D eigenvalue weighted by molar-refractivity contribution is -0.150. The van der Waals surface area contributed by atoms with Gasteiger partial charge in [0.15, 0.2) is 0 Å². The predicted molar refractivity (Wildman–Crippen MR) is 78.3 cm³/mol. The third-order valence-electron chi connectivity index (χ3n) is 3.54. The van der Waals surface area contributed by atoms with Gasteiger partial charge in [0, 0.05) is 13.1 Å². The highest BCUT2D eigenvalue weighted by Gasteiger charge is 2.27. The Labute approximate surface area is 122 Å². The van der Waals surface area contributed by atoms with Crippen molar-refractivity contribution in [2.24, 2.45) is 11.8 Å². The fraction of sp³-hybridized carbons (Fsp3) is 0.867. The Morgan fingerprint density at radius 3 is 2.80 bits per heavy atom. The van der Waals surface area contributed by atoms with Gasteiger partial charge in [-0.2, -0.15) is 0 Å². The van der Waals surface area contributed by atoms with Gasteiger partial charge < -0.3 is 10.1 Å². The first-order valence-electron chi connectivity index (χ1n) is 7.68. The van der Waals surface area contributed by atoms with Crippen LogP contribution in [0.25, 0.3) is 0 Å². The molecule has 5 nitrogen and oxygen atoms in total. The summed E-state index contributed by atoms with van der Waals surface area (Å²) < 4.78 is 5.06. The Morgan fingerprint density at radius 1 is 1.40 bits per heavy atom. The van der Waals surface area contributed by atoms with E-state index in [0.29, 0.717) is 25.6 Å². The summed E-state index contributed by atoms with van der Waals surface area (Å²) in [5.74, 6) is 0.443. The molecule has 1 aliphatic rings. The van der Waals surface area contributed by atoms with E-state index >= 15 is 0 Å². The van der Waals surface area contributed by atoms with Crippen LogP contribution in [0, 0.1) is 11.8 Å². The minimum Gasteiger partial charge on any atom is -0.466 e. The molecule has 1 fully saturated rings. The second kappa shape index (κ2) is 8.95. The Balaban J connectivity index is 2.29. The van der Waals surface area contributed by atoms with Crippen LogP contribution in [-0.4, -0.2) is 49.6 Å². The Kier molecular flexibility index (Phi) is 7.59. The van der Waals surface area contributed by atoms with Gasteiger partial charge in [0.1, 0.15) is 0 Å². The number of carbonyl (C=O) groups excluding carboxylic acids is 2. The molecule has 1 heterocycles.